The molecule has 2 N–H and O–H groups in total. The van der Waals surface area contributed by atoms with Crippen LogP contribution in [-0.4, -0.2) is 30.8 Å². The number of hydrogen-bond acceptors (Lipinski definition) is 3. The van der Waals surface area contributed by atoms with E-state index < -0.39 is 0 Å². The van der Waals surface area contributed by atoms with Crippen molar-refractivity contribution >= 4 is 5.97 Å². The Bertz CT molecular complexity index is 416. The number of carbonyl (C=O) groups excluding carboxylic acids is 1. The van der Waals surface area contributed by atoms with Gasteiger partial charge >= 0.3 is 5.97 Å². The Morgan fingerprint density at radius 2 is 2.16 bits per heavy atom. The predicted molar refractivity (Wildman–Crippen MR) is 71.9 cm³/mol. The van der Waals surface area contributed by atoms with Crippen LogP contribution >= 0.6 is 0 Å². The number of aromatic hydroxyl groups is 1. The number of phenolic OH excluding ortho intramolecular Hbond substituents is 1. The van der Waals surface area contributed by atoms with Crippen LogP contribution in [0.15, 0.2) is 24.3 Å². The van der Waals surface area contributed by atoms with Gasteiger partial charge in [0.05, 0.1) is 19.7 Å². The van der Waals surface area contributed by atoms with Gasteiger partial charge in [-0.25, -0.2) is 0 Å². The predicted octanol–water partition coefficient (Wildman–Crippen LogP) is 0.750. The Balaban J connectivity index is 1.90. The van der Waals surface area contributed by atoms with Crippen molar-refractivity contribution < 1.29 is 19.5 Å². The van der Waals surface area contributed by atoms with Crippen molar-refractivity contribution in [1.82, 2.24) is 0 Å². The molecule has 0 radical (unpaired) electrons. The van der Waals surface area contributed by atoms with E-state index in [0.717, 1.165) is 32.5 Å². The zero-order valence-corrected chi connectivity index (χ0v) is 11.4. The SMILES string of the molecule is CCOC(=O)[C@H]1CCC[NH+](Cc2ccc(O)cc2)C1. The minimum absolute atomic E-state index is 0.0424. The maximum absolute atomic E-state index is 11.8. The number of benzene rings is 1. The fraction of sp³-hybridized carbons (Fsp3) is 0.533. The van der Waals surface area contributed by atoms with Crippen LogP contribution < -0.4 is 4.90 Å². The highest BCUT2D eigenvalue weighted by Crippen LogP contribution is 2.11. The van der Waals surface area contributed by atoms with Crippen molar-refractivity contribution in [3.05, 3.63) is 29.8 Å². The molecule has 1 unspecified atom stereocenters. The zero-order valence-electron chi connectivity index (χ0n) is 11.4. The summed E-state index contributed by atoms with van der Waals surface area (Å²) in [6.45, 7) is 5.15. The molecule has 0 aromatic heterocycles. The largest absolute Gasteiger partial charge is 0.508 e. The third-order valence-electron chi connectivity index (χ3n) is 3.63. The van der Waals surface area contributed by atoms with Crippen LogP contribution in [0.3, 0.4) is 0 Å². The average Bonchev–Trinajstić information content (AvgIpc) is 2.42. The summed E-state index contributed by atoms with van der Waals surface area (Å²) >= 11 is 0. The maximum atomic E-state index is 11.8. The number of quaternary nitrogens is 1. The number of esters is 1. The van der Waals surface area contributed by atoms with E-state index in [4.69, 9.17) is 4.74 Å². The molecular formula is C15H22NO3+. The van der Waals surface area contributed by atoms with Gasteiger partial charge in [0.25, 0.3) is 0 Å². The third-order valence-corrected chi connectivity index (χ3v) is 3.63. The molecule has 2 rings (SSSR count). The van der Waals surface area contributed by atoms with E-state index in [2.05, 4.69) is 0 Å². The molecular weight excluding hydrogens is 242 g/mol. The molecule has 0 spiro atoms. The summed E-state index contributed by atoms with van der Waals surface area (Å²) in [6.07, 6.45) is 2.01. The number of carbonyl (C=O) groups is 1. The molecule has 0 saturated carbocycles. The first kappa shape index (κ1) is 13.9. The summed E-state index contributed by atoms with van der Waals surface area (Å²) in [5.41, 5.74) is 1.19. The van der Waals surface area contributed by atoms with Gasteiger partial charge in [0, 0.05) is 5.56 Å². The van der Waals surface area contributed by atoms with Crippen LogP contribution in [0.5, 0.6) is 5.75 Å². The molecule has 1 aromatic carbocycles. The van der Waals surface area contributed by atoms with Crippen LogP contribution in [0.25, 0.3) is 0 Å². The van der Waals surface area contributed by atoms with Crippen LogP contribution in [-0.2, 0) is 16.1 Å². The summed E-state index contributed by atoms with van der Waals surface area (Å²) in [6, 6.07) is 7.30. The molecule has 4 heteroatoms. The molecule has 2 atom stereocenters. The van der Waals surface area contributed by atoms with Gasteiger partial charge in [0.1, 0.15) is 18.2 Å². The van der Waals surface area contributed by atoms with Gasteiger partial charge in [-0.3, -0.25) is 4.79 Å². The Kier molecular flexibility index (Phi) is 4.80. The van der Waals surface area contributed by atoms with Crippen molar-refractivity contribution in [1.29, 1.82) is 0 Å². The van der Waals surface area contributed by atoms with E-state index in [9.17, 15) is 9.90 Å². The molecule has 1 saturated heterocycles. The molecule has 0 aliphatic carbocycles. The maximum Gasteiger partial charge on any atom is 0.314 e. The molecule has 1 fully saturated rings. The van der Waals surface area contributed by atoms with E-state index in [1.165, 1.54) is 10.5 Å². The number of rotatable bonds is 4. The van der Waals surface area contributed by atoms with Crippen LogP contribution in [0.1, 0.15) is 25.3 Å². The lowest BCUT2D eigenvalue weighted by atomic mass is 9.98. The lowest BCUT2D eigenvalue weighted by molar-refractivity contribution is -0.921. The summed E-state index contributed by atoms with van der Waals surface area (Å²) in [4.78, 5) is 13.2. The first-order valence-electron chi connectivity index (χ1n) is 6.97. The minimum atomic E-state index is -0.0505. The number of nitrogens with one attached hydrogen (secondary N) is 1. The highest BCUT2D eigenvalue weighted by molar-refractivity contribution is 5.72. The normalized spacial score (nSPS) is 23.0. The Labute approximate surface area is 114 Å². The monoisotopic (exact) mass is 264 g/mol. The topological polar surface area (TPSA) is 51.0 Å². The molecule has 19 heavy (non-hydrogen) atoms. The van der Waals surface area contributed by atoms with Crippen LogP contribution in [0, 0.1) is 5.92 Å². The summed E-state index contributed by atoms with van der Waals surface area (Å²) in [7, 11) is 0. The summed E-state index contributed by atoms with van der Waals surface area (Å²) < 4.78 is 5.11. The molecule has 1 aliphatic rings. The van der Waals surface area contributed by atoms with E-state index in [1.807, 2.05) is 19.1 Å². The molecule has 0 bridgehead atoms. The van der Waals surface area contributed by atoms with E-state index >= 15 is 0 Å². The van der Waals surface area contributed by atoms with Gasteiger partial charge in [-0.2, -0.15) is 0 Å². The van der Waals surface area contributed by atoms with Crippen molar-refractivity contribution in [2.24, 2.45) is 5.92 Å². The summed E-state index contributed by atoms with van der Waals surface area (Å²) in [5, 5.41) is 9.27. The smallest absolute Gasteiger partial charge is 0.314 e. The summed E-state index contributed by atoms with van der Waals surface area (Å²) in [5.74, 6) is 0.285. The molecule has 1 aliphatic heterocycles. The second-order valence-corrected chi connectivity index (χ2v) is 5.14. The van der Waals surface area contributed by atoms with Gasteiger partial charge < -0.3 is 14.7 Å². The molecule has 4 nitrogen and oxygen atoms in total. The molecule has 1 aromatic rings. The lowest BCUT2D eigenvalue weighted by Gasteiger charge is -2.28. The Morgan fingerprint density at radius 3 is 2.84 bits per heavy atom. The van der Waals surface area contributed by atoms with Crippen molar-refractivity contribution in [2.45, 2.75) is 26.3 Å². The highest BCUT2D eigenvalue weighted by Gasteiger charge is 2.29. The number of ether oxygens (including phenoxy) is 1. The van der Waals surface area contributed by atoms with Gasteiger partial charge in [-0.15, -0.1) is 0 Å². The fourth-order valence-electron chi connectivity index (χ4n) is 2.68. The molecule has 104 valence electrons. The van der Waals surface area contributed by atoms with Gasteiger partial charge in [0.15, 0.2) is 0 Å². The second-order valence-electron chi connectivity index (χ2n) is 5.14. The van der Waals surface area contributed by atoms with Gasteiger partial charge in [-0.1, -0.05) is 0 Å². The van der Waals surface area contributed by atoms with E-state index in [0.29, 0.717) is 12.4 Å². The second kappa shape index (κ2) is 6.57. The van der Waals surface area contributed by atoms with Crippen molar-refractivity contribution in [3.8, 4) is 5.75 Å². The minimum Gasteiger partial charge on any atom is -0.508 e. The highest BCUT2D eigenvalue weighted by atomic mass is 16.5. The van der Waals surface area contributed by atoms with Gasteiger partial charge in [0.2, 0.25) is 0 Å². The zero-order chi connectivity index (χ0) is 13.7. The number of likely N-dealkylation sites (tertiary alicyclic amines) is 1. The van der Waals surface area contributed by atoms with Crippen molar-refractivity contribution in [3.63, 3.8) is 0 Å². The Hall–Kier alpha value is -1.55. The van der Waals surface area contributed by atoms with Crippen LogP contribution in [0.4, 0.5) is 0 Å². The average molecular weight is 264 g/mol. The van der Waals surface area contributed by atoms with Crippen molar-refractivity contribution in [2.75, 3.05) is 19.7 Å². The van der Waals surface area contributed by atoms with Crippen LogP contribution in [0.2, 0.25) is 0 Å². The number of phenols is 1. The third kappa shape index (κ3) is 3.96. The standard InChI is InChI=1S/C15H21NO3/c1-2-19-15(18)13-4-3-9-16(11-13)10-12-5-7-14(17)8-6-12/h5-8,13,17H,2-4,9-11H2,1H3/p+1/t13-/m0/s1. The fourth-order valence-corrected chi connectivity index (χ4v) is 2.68. The number of hydrogen-bond donors (Lipinski definition) is 2. The van der Waals surface area contributed by atoms with Gasteiger partial charge in [-0.05, 0) is 44.0 Å². The number of piperidine rings is 1. The molecule has 0 amide bonds. The van der Waals surface area contributed by atoms with E-state index in [-0.39, 0.29) is 11.9 Å². The quantitative estimate of drug-likeness (QED) is 0.789. The first-order valence-corrected chi connectivity index (χ1v) is 6.97. The first-order chi connectivity index (χ1) is 9.19. The molecule has 1 heterocycles. The van der Waals surface area contributed by atoms with E-state index in [1.54, 1.807) is 12.1 Å². The Morgan fingerprint density at radius 1 is 1.42 bits per heavy atom. The lowest BCUT2D eigenvalue weighted by Crippen LogP contribution is -3.12.